The molecule has 5 heteroatoms. The molecule has 0 aromatic heterocycles. The molecule has 0 radical (unpaired) electrons. The fraction of sp³-hybridized carbons (Fsp3) is 0.263. The molecule has 0 saturated heterocycles. The SMILES string of the molecule is Cc1ccc(CC(=O)OCC(=O)N[C@H](C)c2ccccc2Br)cc1. The Hall–Kier alpha value is -2.14. The maximum Gasteiger partial charge on any atom is 0.310 e. The van der Waals surface area contributed by atoms with Gasteiger partial charge in [-0.2, -0.15) is 0 Å². The first kappa shape index (κ1) is 18.2. The van der Waals surface area contributed by atoms with E-state index in [1.54, 1.807) is 0 Å². The van der Waals surface area contributed by atoms with Gasteiger partial charge < -0.3 is 10.1 Å². The van der Waals surface area contributed by atoms with Crippen LogP contribution in [0.3, 0.4) is 0 Å². The van der Waals surface area contributed by atoms with Gasteiger partial charge in [-0.15, -0.1) is 0 Å². The van der Waals surface area contributed by atoms with Gasteiger partial charge in [-0.1, -0.05) is 64.0 Å². The average Bonchev–Trinajstić information content (AvgIpc) is 2.55. The number of carbonyl (C=O) groups excluding carboxylic acids is 2. The van der Waals surface area contributed by atoms with Crippen LogP contribution in [0.2, 0.25) is 0 Å². The highest BCUT2D eigenvalue weighted by molar-refractivity contribution is 9.10. The minimum atomic E-state index is -0.414. The number of ether oxygens (including phenoxy) is 1. The van der Waals surface area contributed by atoms with Crippen molar-refractivity contribution in [1.29, 1.82) is 0 Å². The van der Waals surface area contributed by atoms with Gasteiger partial charge in [0.15, 0.2) is 6.61 Å². The number of halogens is 1. The first-order chi connectivity index (χ1) is 11.5. The van der Waals surface area contributed by atoms with Gasteiger partial charge in [-0.05, 0) is 31.0 Å². The molecule has 0 aliphatic rings. The van der Waals surface area contributed by atoms with Gasteiger partial charge in [0.1, 0.15) is 0 Å². The largest absolute Gasteiger partial charge is 0.455 e. The Morgan fingerprint density at radius 2 is 1.79 bits per heavy atom. The number of hydrogen-bond acceptors (Lipinski definition) is 3. The Morgan fingerprint density at radius 3 is 2.46 bits per heavy atom. The van der Waals surface area contributed by atoms with Crippen LogP contribution in [0, 0.1) is 6.92 Å². The Morgan fingerprint density at radius 1 is 1.12 bits per heavy atom. The molecule has 0 saturated carbocycles. The normalized spacial score (nSPS) is 11.6. The third kappa shape index (κ3) is 5.49. The topological polar surface area (TPSA) is 55.4 Å². The van der Waals surface area contributed by atoms with Crippen LogP contribution in [0.15, 0.2) is 53.0 Å². The van der Waals surface area contributed by atoms with Gasteiger partial charge >= 0.3 is 5.97 Å². The molecule has 1 N–H and O–H groups in total. The second kappa shape index (κ2) is 8.64. The van der Waals surface area contributed by atoms with Crippen molar-refractivity contribution < 1.29 is 14.3 Å². The Balaban J connectivity index is 1.79. The number of rotatable bonds is 6. The summed E-state index contributed by atoms with van der Waals surface area (Å²) in [6.07, 6.45) is 0.160. The zero-order valence-corrected chi connectivity index (χ0v) is 15.3. The van der Waals surface area contributed by atoms with Crippen molar-refractivity contribution in [3.8, 4) is 0 Å². The molecule has 2 rings (SSSR count). The highest BCUT2D eigenvalue weighted by Gasteiger charge is 2.14. The van der Waals surface area contributed by atoms with Gasteiger partial charge in [0.25, 0.3) is 5.91 Å². The van der Waals surface area contributed by atoms with Crippen LogP contribution in [0.4, 0.5) is 0 Å². The number of carbonyl (C=O) groups is 2. The van der Waals surface area contributed by atoms with Crippen LogP contribution >= 0.6 is 15.9 Å². The highest BCUT2D eigenvalue weighted by Crippen LogP contribution is 2.22. The molecule has 1 atom stereocenters. The van der Waals surface area contributed by atoms with E-state index in [4.69, 9.17) is 4.74 Å². The van der Waals surface area contributed by atoms with E-state index < -0.39 is 5.97 Å². The Labute approximate surface area is 150 Å². The van der Waals surface area contributed by atoms with Gasteiger partial charge in [0, 0.05) is 4.47 Å². The minimum Gasteiger partial charge on any atom is -0.455 e. The summed E-state index contributed by atoms with van der Waals surface area (Å²) in [5, 5.41) is 2.82. The number of nitrogens with one attached hydrogen (secondary N) is 1. The number of aryl methyl sites for hydroxylation is 1. The maximum atomic E-state index is 11.9. The zero-order chi connectivity index (χ0) is 17.5. The van der Waals surface area contributed by atoms with Crippen molar-refractivity contribution in [2.24, 2.45) is 0 Å². The van der Waals surface area contributed by atoms with Gasteiger partial charge in [-0.25, -0.2) is 0 Å². The molecule has 0 unspecified atom stereocenters. The summed E-state index contributed by atoms with van der Waals surface area (Å²) in [6.45, 7) is 3.59. The van der Waals surface area contributed by atoms with Gasteiger partial charge in [-0.3, -0.25) is 9.59 Å². The molecule has 4 nitrogen and oxygen atoms in total. The van der Waals surface area contributed by atoms with Crippen LogP contribution in [0.1, 0.15) is 29.7 Å². The second-order valence-corrected chi connectivity index (χ2v) is 6.49. The van der Waals surface area contributed by atoms with Crippen molar-refractivity contribution in [2.75, 3.05) is 6.61 Å². The molecule has 0 aliphatic heterocycles. The van der Waals surface area contributed by atoms with E-state index in [0.717, 1.165) is 21.2 Å². The predicted octanol–water partition coefficient (Wildman–Crippen LogP) is 3.72. The molecule has 24 heavy (non-hydrogen) atoms. The molecule has 126 valence electrons. The van der Waals surface area contributed by atoms with Gasteiger partial charge in [0.05, 0.1) is 12.5 Å². The third-order valence-corrected chi connectivity index (χ3v) is 4.30. The molecule has 2 aromatic rings. The summed E-state index contributed by atoms with van der Waals surface area (Å²) in [4.78, 5) is 23.7. The summed E-state index contributed by atoms with van der Waals surface area (Å²) in [6, 6.07) is 15.1. The molecule has 0 bridgehead atoms. The first-order valence-electron chi connectivity index (χ1n) is 7.70. The number of benzene rings is 2. The minimum absolute atomic E-state index is 0.160. The van der Waals surface area contributed by atoms with Gasteiger partial charge in [0.2, 0.25) is 0 Å². The van der Waals surface area contributed by atoms with E-state index in [2.05, 4.69) is 21.2 Å². The van der Waals surface area contributed by atoms with E-state index in [9.17, 15) is 9.59 Å². The molecule has 0 spiro atoms. The summed E-state index contributed by atoms with van der Waals surface area (Å²) in [5.41, 5.74) is 2.97. The van der Waals surface area contributed by atoms with E-state index in [1.165, 1.54) is 0 Å². The molecule has 0 heterocycles. The van der Waals surface area contributed by atoms with Crippen LogP contribution in [0.5, 0.6) is 0 Å². The number of esters is 1. The van der Waals surface area contributed by atoms with Crippen LogP contribution in [0.25, 0.3) is 0 Å². The van der Waals surface area contributed by atoms with E-state index >= 15 is 0 Å². The quantitative estimate of drug-likeness (QED) is 0.765. The summed E-state index contributed by atoms with van der Waals surface area (Å²) < 4.78 is 5.97. The monoisotopic (exact) mass is 389 g/mol. The average molecular weight is 390 g/mol. The molecule has 0 fully saturated rings. The summed E-state index contributed by atoms with van der Waals surface area (Å²) >= 11 is 3.45. The number of amides is 1. The Bertz CT molecular complexity index is 713. The fourth-order valence-electron chi connectivity index (χ4n) is 2.26. The molecular weight excluding hydrogens is 370 g/mol. The third-order valence-electron chi connectivity index (χ3n) is 3.58. The standard InChI is InChI=1S/C19H20BrNO3/c1-13-7-9-15(10-8-13)11-19(23)24-12-18(22)21-14(2)16-5-3-4-6-17(16)20/h3-10,14H,11-12H2,1-2H3,(H,21,22)/t14-/m1/s1. The lowest BCUT2D eigenvalue weighted by molar-refractivity contribution is -0.148. The Kier molecular flexibility index (Phi) is 6.55. The van der Waals surface area contributed by atoms with E-state index in [0.29, 0.717) is 0 Å². The lowest BCUT2D eigenvalue weighted by atomic mass is 10.1. The lowest BCUT2D eigenvalue weighted by Gasteiger charge is -2.15. The molecule has 0 aliphatic carbocycles. The van der Waals surface area contributed by atoms with E-state index in [-0.39, 0.29) is 25.0 Å². The predicted molar refractivity (Wildman–Crippen MR) is 96.5 cm³/mol. The second-order valence-electron chi connectivity index (χ2n) is 5.63. The highest BCUT2D eigenvalue weighted by atomic mass is 79.9. The fourth-order valence-corrected chi connectivity index (χ4v) is 2.88. The van der Waals surface area contributed by atoms with Crippen LogP contribution < -0.4 is 5.32 Å². The number of hydrogen-bond donors (Lipinski definition) is 1. The van der Waals surface area contributed by atoms with Crippen molar-refractivity contribution in [3.63, 3.8) is 0 Å². The maximum absolute atomic E-state index is 11.9. The first-order valence-corrected chi connectivity index (χ1v) is 8.50. The van der Waals surface area contributed by atoms with Crippen molar-refractivity contribution in [1.82, 2.24) is 5.32 Å². The van der Waals surface area contributed by atoms with Crippen LogP contribution in [-0.2, 0) is 20.7 Å². The molecular formula is C19H20BrNO3. The van der Waals surface area contributed by atoms with Crippen molar-refractivity contribution in [2.45, 2.75) is 26.3 Å². The van der Waals surface area contributed by atoms with Crippen molar-refractivity contribution in [3.05, 3.63) is 69.7 Å². The smallest absolute Gasteiger partial charge is 0.310 e. The summed E-state index contributed by atoms with van der Waals surface area (Å²) in [5.74, 6) is -0.738. The molecule has 1 amide bonds. The van der Waals surface area contributed by atoms with E-state index in [1.807, 2.05) is 62.4 Å². The lowest BCUT2D eigenvalue weighted by Crippen LogP contribution is -2.31. The van der Waals surface area contributed by atoms with Crippen LogP contribution in [-0.4, -0.2) is 18.5 Å². The molecule has 2 aromatic carbocycles. The van der Waals surface area contributed by atoms with Crippen molar-refractivity contribution >= 4 is 27.8 Å². The zero-order valence-electron chi connectivity index (χ0n) is 13.7. The summed E-state index contributed by atoms with van der Waals surface area (Å²) in [7, 11) is 0.